The second-order valence-corrected chi connectivity index (χ2v) is 8.99. The highest BCUT2D eigenvalue weighted by atomic mass is 32.1. The number of benzene rings is 1. The lowest BCUT2D eigenvalue weighted by Gasteiger charge is -2.17. The van der Waals surface area contributed by atoms with Crippen molar-refractivity contribution in [1.82, 2.24) is 25.5 Å². The SMILES string of the molecule is CC(=O)c1ccc(CNc2n[nH]c3c(C(=O)NCc4ccc5c(c4)CC(=O)CO5)ncnc23)s1. The number of hydrogen-bond acceptors (Lipinski definition) is 9. The molecule has 1 aliphatic rings. The van der Waals surface area contributed by atoms with Gasteiger partial charge in [0.15, 0.2) is 23.1 Å². The quantitative estimate of drug-likeness (QED) is 0.346. The molecule has 4 aromatic rings. The van der Waals surface area contributed by atoms with Gasteiger partial charge in [-0.15, -0.1) is 11.3 Å². The van der Waals surface area contributed by atoms with Crippen LogP contribution in [0.15, 0.2) is 36.7 Å². The lowest BCUT2D eigenvalue weighted by Crippen LogP contribution is -2.25. The zero-order chi connectivity index (χ0) is 23.7. The molecule has 4 heterocycles. The first kappa shape index (κ1) is 21.7. The summed E-state index contributed by atoms with van der Waals surface area (Å²) in [5.41, 5.74) is 2.76. The summed E-state index contributed by atoms with van der Waals surface area (Å²) in [5.74, 6) is 0.867. The van der Waals surface area contributed by atoms with Gasteiger partial charge in [0.25, 0.3) is 5.91 Å². The number of fused-ring (bicyclic) bond motifs is 2. The second-order valence-electron chi connectivity index (χ2n) is 7.82. The van der Waals surface area contributed by atoms with Crippen LogP contribution in [0.4, 0.5) is 5.82 Å². The van der Waals surface area contributed by atoms with Crippen LogP contribution in [0.25, 0.3) is 11.0 Å². The monoisotopic (exact) mass is 476 g/mol. The number of anilines is 1. The highest BCUT2D eigenvalue weighted by Gasteiger charge is 2.19. The van der Waals surface area contributed by atoms with Crippen molar-refractivity contribution < 1.29 is 19.1 Å². The molecule has 1 aliphatic heterocycles. The molecule has 3 N–H and O–H groups in total. The van der Waals surface area contributed by atoms with Crippen LogP contribution in [0, 0.1) is 0 Å². The summed E-state index contributed by atoms with van der Waals surface area (Å²) in [7, 11) is 0. The number of carbonyl (C=O) groups is 3. The molecule has 0 saturated heterocycles. The number of amides is 1. The normalized spacial score (nSPS) is 12.8. The van der Waals surface area contributed by atoms with Crippen LogP contribution in [-0.4, -0.2) is 44.2 Å². The van der Waals surface area contributed by atoms with E-state index in [2.05, 4.69) is 30.8 Å². The van der Waals surface area contributed by atoms with Crippen LogP contribution in [0.3, 0.4) is 0 Å². The third kappa shape index (κ3) is 4.37. The fraction of sp³-hybridized carbons (Fsp3) is 0.217. The average molecular weight is 477 g/mol. The highest BCUT2D eigenvalue weighted by Crippen LogP contribution is 2.25. The molecule has 3 aromatic heterocycles. The van der Waals surface area contributed by atoms with Crippen molar-refractivity contribution >= 4 is 45.7 Å². The van der Waals surface area contributed by atoms with Gasteiger partial charge in [-0.2, -0.15) is 5.10 Å². The number of aromatic amines is 1. The molecule has 0 unspecified atom stereocenters. The van der Waals surface area contributed by atoms with E-state index in [1.54, 1.807) is 6.07 Å². The molecular formula is C23H20N6O4S. The van der Waals surface area contributed by atoms with Crippen LogP contribution < -0.4 is 15.4 Å². The van der Waals surface area contributed by atoms with E-state index in [1.165, 1.54) is 24.6 Å². The Morgan fingerprint density at radius 3 is 2.88 bits per heavy atom. The molecule has 0 fully saturated rings. The minimum absolute atomic E-state index is 0.0269. The maximum atomic E-state index is 12.8. The summed E-state index contributed by atoms with van der Waals surface area (Å²) in [6.07, 6.45) is 1.65. The number of carbonyl (C=O) groups excluding carboxylic acids is 3. The third-order valence-corrected chi connectivity index (χ3v) is 6.55. The largest absolute Gasteiger partial charge is 0.486 e. The summed E-state index contributed by atoms with van der Waals surface area (Å²) in [6.45, 7) is 2.37. The van der Waals surface area contributed by atoms with Crippen LogP contribution in [0.5, 0.6) is 5.75 Å². The van der Waals surface area contributed by atoms with Crippen molar-refractivity contribution in [3.05, 3.63) is 63.2 Å². The molecule has 0 radical (unpaired) electrons. The van der Waals surface area contributed by atoms with Gasteiger partial charge in [-0.25, -0.2) is 9.97 Å². The number of hydrogen-bond donors (Lipinski definition) is 3. The van der Waals surface area contributed by atoms with Gasteiger partial charge in [0.1, 0.15) is 29.7 Å². The Balaban J connectivity index is 1.28. The maximum absolute atomic E-state index is 12.8. The first-order valence-corrected chi connectivity index (χ1v) is 11.4. The van der Waals surface area contributed by atoms with E-state index >= 15 is 0 Å². The van der Waals surface area contributed by atoms with E-state index in [-0.39, 0.29) is 36.3 Å². The van der Waals surface area contributed by atoms with Gasteiger partial charge in [0.05, 0.1) is 11.4 Å². The van der Waals surface area contributed by atoms with Crippen molar-refractivity contribution in [2.45, 2.75) is 26.4 Å². The molecule has 0 aliphatic carbocycles. The zero-order valence-corrected chi connectivity index (χ0v) is 19.0. The summed E-state index contributed by atoms with van der Waals surface area (Å²) in [5, 5.41) is 13.1. The van der Waals surface area contributed by atoms with Gasteiger partial charge in [-0.3, -0.25) is 19.5 Å². The van der Waals surface area contributed by atoms with Crippen LogP contribution in [0.1, 0.15) is 43.1 Å². The van der Waals surface area contributed by atoms with Crippen molar-refractivity contribution in [3.8, 4) is 5.75 Å². The number of ketones is 2. The minimum atomic E-state index is -0.378. The number of H-pyrrole nitrogens is 1. The number of aromatic nitrogens is 4. The minimum Gasteiger partial charge on any atom is -0.486 e. The first-order valence-electron chi connectivity index (χ1n) is 10.5. The highest BCUT2D eigenvalue weighted by molar-refractivity contribution is 7.14. The Bertz CT molecular complexity index is 1430. The number of rotatable bonds is 7. The Kier molecular flexibility index (Phi) is 5.76. The average Bonchev–Trinajstić information content (AvgIpc) is 3.48. The molecule has 10 nitrogen and oxygen atoms in total. The van der Waals surface area contributed by atoms with E-state index in [9.17, 15) is 14.4 Å². The van der Waals surface area contributed by atoms with Crippen molar-refractivity contribution in [1.29, 1.82) is 0 Å². The lowest BCUT2D eigenvalue weighted by atomic mass is 10.0. The predicted octanol–water partition coefficient (Wildman–Crippen LogP) is 2.66. The molecular weight excluding hydrogens is 456 g/mol. The van der Waals surface area contributed by atoms with Gasteiger partial charge in [-0.1, -0.05) is 6.07 Å². The standard InChI is InChI=1S/C23H20N6O4S/c1-12(30)18-5-3-16(34-18)9-24-22-20-19(28-29-22)21(27-11-26-20)23(32)25-8-13-2-4-17-14(6-13)7-15(31)10-33-17/h2-6,11H,7-10H2,1H3,(H,25,32)(H2,24,28,29). The van der Waals surface area contributed by atoms with E-state index in [4.69, 9.17) is 4.74 Å². The Morgan fingerprint density at radius 2 is 2.06 bits per heavy atom. The van der Waals surface area contributed by atoms with Gasteiger partial charge in [-0.05, 0) is 36.8 Å². The Morgan fingerprint density at radius 1 is 1.18 bits per heavy atom. The van der Waals surface area contributed by atoms with Crippen molar-refractivity contribution in [3.63, 3.8) is 0 Å². The Labute approximate surface area is 197 Å². The van der Waals surface area contributed by atoms with Crippen molar-refractivity contribution in [2.24, 2.45) is 0 Å². The fourth-order valence-electron chi connectivity index (χ4n) is 3.67. The third-order valence-electron chi connectivity index (χ3n) is 5.36. The first-order chi connectivity index (χ1) is 16.5. The molecule has 0 bridgehead atoms. The molecule has 5 rings (SSSR count). The van der Waals surface area contributed by atoms with Crippen LogP contribution >= 0.6 is 11.3 Å². The number of nitrogens with zero attached hydrogens (tertiary/aromatic N) is 3. The maximum Gasteiger partial charge on any atom is 0.272 e. The molecule has 11 heteroatoms. The molecule has 0 atom stereocenters. The van der Waals surface area contributed by atoms with E-state index in [1.807, 2.05) is 24.3 Å². The molecule has 1 aromatic carbocycles. The fourth-order valence-corrected chi connectivity index (χ4v) is 4.52. The van der Waals surface area contributed by atoms with E-state index < -0.39 is 0 Å². The summed E-state index contributed by atoms with van der Waals surface area (Å²) in [6, 6.07) is 9.21. The van der Waals surface area contributed by atoms with Crippen LogP contribution in [-0.2, 0) is 24.3 Å². The summed E-state index contributed by atoms with van der Waals surface area (Å²) >= 11 is 1.42. The zero-order valence-electron chi connectivity index (χ0n) is 18.2. The molecule has 1 amide bonds. The van der Waals surface area contributed by atoms with Gasteiger partial charge >= 0.3 is 0 Å². The molecule has 34 heavy (non-hydrogen) atoms. The molecule has 172 valence electrons. The lowest BCUT2D eigenvalue weighted by molar-refractivity contribution is -0.121. The number of thiophene rings is 1. The van der Waals surface area contributed by atoms with Crippen molar-refractivity contribution in [2.75, 3.05) is 11.9 Å². The van der Waals surface area contributed by atoms with E-state index in [0.29, 0.717) is 40.4 Å². The summed E-state index contributed by atoms with van der Waals surface area (Å²) < 4.78 is 5.41. The van der Waals surface area contributed by atoms with E-state index in [0.717, 1.165) is 16.0 Å². The van der Waals surface area contributed by atoms with Gasteiger partial charge in [0.2, 0.25) is 0 Å². The van der Waals surface area contributed by atoms with Crippen LogP contribution in [0.2, 0.25) is 0 Å². The Hall–Kier alpha value is -4.12. The smallest absolute Gasteiger partial charge is 0.272 e. The molecule has 0 spiro atoms. The predicted molar refractivity (Wildman–Crippen MR) is 125 cm³/mol. The topological polar surface area (TPSA) is 139 Å². The second kappa shape index (κ2) is 9.02. The number of ether oxygens (including phenoxy) is 1. The van der Waals surface area contributed by atoms with Gasteiger partial charge in [0, 0.05) is 23.4 Å². The summed E-state index contributed by atoms with van der Waals surface area (Å²) in [4.78, 5) is 46.0. The molecule has 0 saturated carbocycles. The number of Topliss-reactive ketones (excluding diaryl/α,β-unsaturated/α-hetero) is 2. The van der Waals surface area contributed by atoms with Gasteiger partial charge < -0.3 is 15.4 Å². The number of nitrogens with one attached hydrogen (secondary N) is 3.